The van der Waals surface area contributed by atoms with E-state index in [-0.39, 0.29) is 44.1 Å². The van der Waals surface area contributed by atoms with Crippen LogP contribution in [0.1, 0.15) is 97.5 Å². The molecule has 1 aliphatic heterocycles. The molecule has 2 N–H and O–H groups in total. The maximum Gasteiger partial charge on any atom is 0.338 e. The Morgan fingerprint density at radius 3 is 2.12 bits per heavy atom. The fourth-order valence-electron chi connectivity index (χ4n) is 9.77. The number of carbonyl (C=O) groups excluding carboxylic acids is 4. The quantitative estimate of drug-likeness (QED) is 0.199. The van der Waals surface area contributed by atoms with Gasteiger partial charge in [-0.1, -0.05) is 90.6 Å². The molecular weight excluding hydrogens is 664 g/mol. The number of carbonyl (C=O) groups is 4. The van der Waals surface area contributed by atoms with Crippen LogP contribution >= 0.6 is 0 Å². The van der Waals surface area contributed by atoms with E-state index >= 15 is 4.79 Å². The Hall–Kier alpha value is -3.86. The van der Waals surface area contributed by atoms with Crippen LogP contribution in [0.5, 0.6) is 0 Å². The molecule has 2 saturated carbocycles. The Morgan fingerprint density at radius 1 is 0.962 bits per heavy atom. The Labute approximate surface area is 306 Å². The second kappa shape index (κ2) is 13.8. The maximum atomic E-state index is 15.1. The van der Waals surface area contributed by atoms with Crippen molar-refractivity contribution in [1.29, 1.82) is 0 Å². The number of fused-ring (bicyclic) bond motifs is 5. The highest BCUT2D eigenvalue weighted by Crippen LogP contribution is 2.65. The molecule has 0 spiro atoms. The van der Waals surface area contributed by atoms with E-state index < -0.39 is 82.1 Å². The first-order valence-electron chi connectivity index (χ1n) is 17.9. The number of Topliss-reactive ketones (excluding diaryl/α,β-unsaturated/α-hetero) is 1. The van der Waals surface area contributed by atoms with Gasteiger partial charge in [-0.25, -0.2) is 4.79 Å². The van der Waals surface area contributed by atoms with Crippen molar-refractivity contribution in [2.45, 2.75) is 117 Å². The van der Waals surface area contributed by atoms with Gasteiger partial charge in [-0.2, -0.15) is 0 Å². The Bertz CT molecular complexity index is 1740. The predicted molar refractivity (Wildman–Crippen MR) is 193 cm³/mol. The molecule has 1 heterocycles. The van der Waals surface area contributed by atoms with Gasteiger partial charge >= 0.3 is 17.9 Å². The van der Waals surface area contributed by atoms with E-state index in [0.717, 1.165) is 5.56 Å². The summed E-state index contributed by atoms with van der Waals surface area (Å²) in [5.74, 6) is -5.09. The van der Waals surface area contributed by atoms with Crippen molar-refractivity contribution in [3.05, 3.63) is 82.9 Å². The van der Waals surface area contributed by atoms with Crippen LogP contribution in [-0.4, -0.2) is 76.1 Å². The van der Waals surface area contributed by atoms with E-state index in [9.17, 15) is 24.6 Å². The van der Waals surface area contributed by atoms with Crippen LogP contribution in [0.15, 0.2) is 71.8 Å². The number of aliphatic hydroxyl groups is 2. The number of hydrogen-bond acceptors (Lipinski definition) is 10. The third kappa shape index (κ3) is 5.82. The number of benzene rings is 2. The first-order chi connectivity index (χ1) is 23.9. The third-order valence-electron chi connectivity index (χ3n) is 12.9. The van der Waals surface area contributed by atoms with Crippen LogP contribution in [0.25, 0.3) is 0 Å². The summed E-state index contributed by atoms with van der Waals surface area (Å²) in [6.07, 6.45) is -4.82. The average molecular weight is 719 g/mol. The largest absolute Gasteiger partial charge is 0.457 e. The van der Waals surface area contributed by atoms with Crippen molar-refractivity contribution in [2.24, 2.45) is 28.6 Å². The maximum absolute atomic E-state index is 15.1. The average Bonchev–Trinajstić information content (AvgIpc) is 3.09. The molecule has 2 aromatic carbocycles. The zero-order valence-corrected chi connectivity index (χ0v) is 30.7. The number of aliphatic hydroxyl groups excluding tert-OH is 1. The lowest BCUT2D eigenvalue weighted by Crippen LogP contribution is -2.81. The summed E-state index contributed by atoms with van der Waals surface area (Å²) in [6, 6.07) is 17.9. The molecule has 3 aliphatic carbocycles. The standard InChI is InChI=1S/C41H50O10.CH4/c1-22(27-15-11-9-12-16-27)23(2)36(45)49-29-20-41(47)35(50-37(46)28-17-13-10-14-18-28)33-39(8,34(44)25(4)32(24(29)3)38(41,6)7)30(43)19-31-40(33,21-48-31)51-26(5)42;/h9-18,22-23,25,29-31,33,35,43,47H,19-21H2,1-8H3;1H4/t22?,23?,25-,29?,30+,31?,33+,35+,39-,40?,41-;/m1./s1. The van der Waals surface area contributed by atoms with Gasteiger partial charge in [0.1, 0.15) is 29.7 Å². The topological polar surface area (TPSA) is 146 Å². The predicted octanol–water partition coefficient (Wildman–Crippen LogP) is 5.98. The molecule has 3 fully saturated rings. The van der Waals surface area contributed by atoms with Crippen LogP contribution in [0.3, 0.4) is 0 Å². The van der Waals surface area contributed by atoms with Crippen molar-refractivity contribution in [3.63, 3.8) is 0 Å². The molecule has 5 unspecified atom stereocenters. The molecule has 10 nitrogen and oxygen atoms in total. The van der Waals surface area contributed by atoms with Gasteiger partial charge in [0.2, 0.25) is 0 Å². The van der Waals surface area contributed by atoms with Gasteiger partial charge in [-0.3, -0.25) is 14.4 Å². The molecule has 6 rings (SSSR count). The van der Waals surface area contributed by atoms with E-state index in [0.29, 0.717) is 11.1 Å². The molecule has 11 atom stereocenters. The molecule has 52 heavy (non-hydrogen) atoms. The highest BCUT2D eigenvalue weighted by molar-refractivity contribution is 5.92. The van der Waals surface area contributed by atoms with Crippen LogP contribution in [0.4, 0.5) is 0 Å². The monoisotopic (exact) mass is 718 g/mol. The second-order valence-electron chi connectivity index (χ2n) is 15.9. The molecule has 0 amide bonds. The van der Waals surface area contributed by atoms with Gasteiger partial charge in [0.15, 0.2) is 5.60 Å². The molecule has 1 saturated heterocycles. The number of esters is 3. The zero-order valence-electron chi connectivity index (χ0n) is 30.7. The van der Waals surface area contributed by atoms with Crippen LogP contribution in [-0.2, 0) is 33.3 Å². The van der Waals surface area contributed by atoms with Gasteiger partial charge in [-0.15, -0.1) is 0 Å². The lowest BCUT2D eigenvalue weighted by Gasteiger charge is -2.67. The Morgan fingerprint density at radius 2 is 1.56 bits per heavy atom. The van der Waals surface area contributed by atoms with Crippen molar-refractivity contribution < 1.29 is 48.3 Å². The number of hydrogen-bond donors (Lipinski definition) is 2. The molecule has 2 bridgehead atoms. The van der Waals surface area contributed by atoms with Crippen molar-refractivity contribution >= 4 is 23.7 Å². The number of ether oxygens (including phenoxy) is 4. The van der Waals surface area contributed by atoms with E-state index in [4.69, 9.17) is 18.9 Å². The smallest absolute Gasteiger partial charge is 0.338 e. The summed E-state index contributed by atoms with van der Waals surface area (Å²) >= 11 is 0. The molecule has 0 aromatic heterocycles. The third-order valence-corrected chi connectivity index (χ3v) is 12.9. The summed E-state index contributed by atoms with van der Waals surface area (Å²) in [4.78, 5) is 55.9. The summed E-state index contributed by atoms with van der Waals surface area (Å²) in [5.41, 5.74) is -4.06. The van der Waals surface area contributed by atoms with Gasteiger partial charge < -0.3 is 29.2 Å². The Balaban J connectivity index is 0.00000523. The zero-order chi connectivity index (χ0) is 37.3. The van der Waals surface area contributed by atoms with Gasteiger partial charge in [0.25, 0.3) is 0 Å². The van der Waals surface area contributed by atoms with E-state index in [1.807, 2.05) is 44.2 Å². The van der Waals surface area contributed by atoms with E-state index in [1.54, 1.807) is 65.0 Å². The fraction of sp³-hybridized carbons (Fsp3) is 0.571. The summed E-state index contributed by atoms with van der Waals surface area (Å²) in [5, 5.41) is 25.3. The molecule has 10 heteroatoms. The first kappa shape index (κ1) is 39.3. The highest BCUT2D eigenvalue weighted by atomic mass is 16.6. The lowest BCUT2D eigenvalue weighted by atomic mass is 9.43. The van der Waals surface area contributed by atoms with Crippen LogP contribution < -0.4 is 0 Å². The first-order valence-corrected chi connectivity index (χ1v) is 17.9. The van der Waals surface area contributed by atoms with Crippen LogP contribution in [0, 0.1) is 28.6 Å². The molecule has 2 aromatic rings. The Kier molecular flexibility index (Phi) is 10.5. The molecule has 0 radical (unpaired) electrons. The SMILES string of the molecule is C.CC(=O)OC12COC1C[C@H](O)[C@@]1(C)C(=O)[C@H](C)C3=C(C)C(OC(=O)C(C)C(C)c4ccccc4)C[C@@](O)([C@@H](OC(=O)c4ccccc4)[C@H]21)C3(C)C. The minimum Gasteiger partial charge on any atom is -0.457 e. The molecule has 4 aliphatic rings. The minimum atomic E-state index is -2.00. The lowest BCUT2D eigenvalue weighted by molar-refractivity contribution is -0.345. The molecule has 282 valence electrons. The van der Waals surface area contributed by atoms with Crippen molar-refractivity contribution in [1.82, 2.24) is 0 Å². The number of ketones is 1. The van der Waals surface area contributed by atoms with Crippen LogP contribution in [0.2, 0.25) is 0 Å². The van der Waals surface area contributed by atoms with Gasteiger partial charge in [0, 0.05) is 31.1 Å². The normalized spacial score (nSPS) is 35.8. The summed E-state index contributed by atoms with van der Waals surface area (Å²) < 4.78 is 24.7. The summed E-state index contributed by atoms with van der Waals surface area (Å²) in [6.45, 7) is 13.6. The second-order valence-corrected chi connectivity index (χ2v) is 15.9. The minimum absolute atomic E-state index is 0. The summed E-state index contributed by atoms with van der Waals surface area (Å²) in [7, 11) is 0. The fourth-order valence-corrected chi connectivity index (χ4v) is 9.77. The van der Waals surface area contributed by atoms with Crippen molar-refractivity contribution in [2.75, 3.05) is 6.61 Å². The van der Waals surface area contributed by atoms with E-state index in [2.05, 4.69) is 0 Å². The number of rotatable bonds is 7. The van der Waals surface area contributed by atoms with Gasteiger partial charge in [0.05, 0.1) is 35.5 Å². The highest BCUT2D eigenvalue weighted by Gasteiger charge is 2.77. The van der Waals surface area contributed by atoms with Gasteiger partial charge in [-0.05, 0) is 48.6 Å². The molecular formula is C42H54O10. The van der Waals surface area contributed by atoms with E-state index in [1.165, 1.54) is 6.92 Å². The van der Waals surface area contributed by atoms with Crippen molar-refractivity contribution in [3.8, 4) is 0 Å².